The highest BCUT2D eigenvalue weighted by Crippen LogP contribution is 2.06. The Hall–Kier alpha value is -2.61. The van der Waals surface area contributed by atoms with Crippen LogP contribution in [0.1, 0.15) is 31.1 Å². The number of rotatable bonds is 6. The Morgan fingerprint density at radius 3 is 2.30 bits per heavy atom. The van der Waals surface area contributed by atoms with Crippen LogP contribution in [0.25, 0.3) is 0 Å². The Morgan fingerprint density at radius 2 is 1.78 bits per heavy atom. The van der Waals surface area contributed by atoms with Gasteiger partial charge in [-0.05, 0) is 32.9 Å². The van der Waals surface area contributed by atoms with Gasteiger partial charge in [0.1, 0.15) is 5.60 Å². The molecule has 8 nitrogen and oxygen atoms in total. The molecule has 0 bridgehead atoms. The van der Waals surface area contributed by atoms with E-state index in [1.807, 2.05) is 0 Å². The molecule has 1 atom stereocenters. The fraction of sp³-hybridized carbons (Fsp3) is 0.400. The van der Waals surface area contributed by atoms with Gasteiger partial charge in [-0.15, -0.1) is 5.48 Å². The van der Waals surface area contributed by atoms with Gasteiger partial charge in [0.2, 0.25) is 0 Å². The van der Waals surface area contributed by atoms with Gasteiger partial charge in [-0.25, -0.2) is 9.59 Å². The maximum Gasteiger partial charge on any atom is 0.407 e. The predicted molar refractivity (Wildman–Crippen MR) is 80.7 cm³/mol. The number of hydroxylamine groups is 1. The first-order chi connectivity index (χ1) is 10.7. The number of amides is 1. The summed E-state index contributed by atoms with van der Waals surface area (Å²) in [6, 6.07) is 6.77. The summed E-state index contributed by atoms with van der Waals surface area (Å²) in [4.78, 5) is 39.0. The van der Waals surface area contributed by atoms with Crippen LogP contribution < -0.4 is 10.8 Å². The number of carboxylic acids is 1. The van der Waals surface area contributed by atoms with Gasteiger partial charge >= 0.3 is 18.0 Å². The molecular weight excluding hydrogens is 304 g/mol. The van der Waals surface area contributed by atoms with E-state index < -0.39 is 29.7 Å². The van der Waals surface area contributed by atoms with E-state index in [2.05, 4.69) is 10.8 Å². The van der Waals surface area contributed by atoms with Gasteiger partial charge in [0.15, 0.2) is 6.04 Å². The Bertz CT molecular complexity index is 553. The summed E-state index contributed by atoms with van der Waals surface area (Å²) < 4.78 is 4.98. The van der Waals surface area contributed by atoms with Gasteiger partial charge in [-0.3, -0.25) is 4.79 Å². The highest BCUT2D eigenvalue weighted by Gasteiger charge is 2.22. The van der Waals surface area contributed by atoms with E-state index in [1.165, 1.54) is 12.1 Å². The largest absolute Gasteiger partial charge is 0.480 e. The Kier molecular flexibility index (Phi) is 6.52. The fourth-order valence-corrected chi connectivity index (χ4v) is 1.44. The summed E-state index contributed by atoms with van der Waals surface area (Å²) in [5, 5.41) is 11.3. The number of carbonyl (C=O) groups excluding carboxylic acids is 2. The second kappa shape index (κ2) is 8.14. The van der Waals surface area contributed by atoms with Crippen molar-refractivity contribution in [1.29, 1.82) is 0 Å². The minimum absolute atomic E-state index is 0.268. The van der Waals surface area contributed by atoms with Crippen molar-refractivity contribution in [3.63, 3.8) is 0 Å². The van der Waals surface area contributed by atoms with Crippen molar-refractivity contribution in [2.24, 2.45) is 0 Å². The van der Waals surface area contributed by atoms with Crippen LogP contribution >= 0.6 is 0 Å². The minimum atomic E-state index is -1.31. The van der Waals surface area contributed by atoms with Crippen LogP contribution in [0.15, 0.2) is 30.3 Å². The summed E-state index contributed by atoms with van der Waals surface area (Å²) >= 11 is 0. The van der Waals surface area contributed by atoms with Crippen molar-refractivity contribution in [3.8, 4) is 0 Å². The van der Waals surface area contributed by atoms with E-state index in [-0.39, 0.29) is 12.1 Å². The molecule has 3 N–H and O–H groups in total. The number of aliphatic carboxylic acids is 1. The van der Waals surface area contributed by atoms with Crippen LogP contribution in [0.5, 0.6) is 0 Å². The van der Waals surface area contributed by atoms with Crippen molar-refractivity contribution in [3.05, 3.63) is 35.9 Å². The molecular formula is C15H20N2O6. The first-order valence-corrected chi connectivity index (χ1v) is 6.90. The van der Waals surface area contributed by atoms with E-state index in [1.54, 1.807) is 39.0 Å². The lowest BCUT2D eigenvalue weighted by atomic mass is 10.2. The molecule has 0 saturated carbocycles. The van der Waals surface area contributed by atoms with Crippen molar-refractivity contribution >= 4 is 18.0 Å². The molecule has 1 amide bonds. The predicted octanol–water partition coefficient (Wildman–Crippen LogP) is 1.33. The van der Waals surface area contributed by atoms with E-state index in [9.17, 15) is 14.4 Å². The van der Waals surface area contributed by atoms with Crippen LogP contribution in [0.2, 0.25) is 0 Å². The number of hydrogen-bond donors (Lipinski definition) is 3. The van der Waals surface area contributed by atoms with Gasteiger partial charge in [0, 0.05) is 0 Å². The normalized spacial score (nSPS) is 12.1. The van der Waals surface area contributed by atoms with Crippen molar-refractivity contribution in [2.75, 3.05) is 6.54 Å². The Balaban J connectivity index is 2.48. The molecule has 1 aromatic rings. The van der Waals surface area contributed by atoms with Crippen LogP contribution in [0.3, 0.4) is 0 Å². The Morgan fingerprint density at radius 1 is 1.17 bits per heavy atom. The number of benzene rings is 1. The monoisotopic (exact) mass is 324 g/mol. The number of alkyl carbamates (subject to hydrolysis) is 1. The fourth-order valence-electron chi connectivity index (χ4n) is 1.44. The lowest BCUT2D eigenvalue weighted by Crippen LogP contribution is -2.47. The first-order valence-electron chi connectivity index (χ1n) is 6.90. The molecule has 0 heterocycles. The SMILES string of the molecule is CC(C)(C)OC(=O)NC[C@@H](NOC(=O)c1ccccc1)C(=O)O. The lowest BCUT2D eigenvalue weighted by molar-refractivity contribution is -0.142. The van der Waals surface area contributed by atoms with Crippen LogP contribution in [-0.2, 0) is 14.4 Å². The molecule has 8 heteroatoms. The zero-order chi connectivity index (χ0) is 17.5. The zero-order valence-corrected chi connectivity index (χ0v) is 13.2. The Labute approximate surface area is 133 Å². The minimum Gasteiger partial charge on any atom is -0.480 e. The second-order valence-corrected chi connectivity index (χ2v) is 5.65. The third kappa shape index (κ3) is 7.28. The molecule has 0 spiro atoms. The van der Waals surface area contributed by atoms with E-state index in [4.69, 9.17) is 14.7 Å². The number of hydrogen-bond acceptors (Lipinski definition) is 6. The molecule has 0 aliphatic heterocycles. The summed E-state index contributed by atoms with van der Waals surface area (Å²) in [5.74, 6) is -2.02. The van der Waals surface area contributed by atoms with Crippen molar-refractivity contribution in [1.82, 2.24) is 10.8 Å². The van der Waals surface area contributed by atoms with Gasteiger partial charge in [0.05, 0.1) is 12.1 Å². The summed E-state index contributed by atoms with van der Waals surface area (Å²) in [7, 11) is 0. The smallest absolute Gasteiger partial charge is 0.407 e. The summed E-state index contributed by atoms with van der Waals surface area (Å²) in [5.41, 5.74) is 1.69. The lowest BCUT2D eigenvalue weighted by Gasteiger charge is -2.21. The molecule has 1 rings (SSSR count). The van der Waals surface area contributed by atoms with Crippen molar-refractivity contribution in [2.45, 2.75) is 32.4 Å². The van der Waals surface area contributed by atoms with E-state index >= 15 is 0 Å². The number of nitrogens with one attached hydrogen (secondary N) is 2. The molecule has 0 aliphatic rings. The molecule has 0 aliphatic carbocycles. The van der Waals surface area contributed by atoms with Gasteiger partial charge in [-0.2, -0.15) is 0 Å². The summed E-state index contributed by atoms with van der Waals surface area (Å²) in [6.07, 6.45) is -0.764. The van der Waals surface area contributed by atoms with Crippen LogP contribution in [0, 0.1) is 0 Å². The van der Waals surface area contributed by atoms with Crippen LogP contribution in [0.4, 0.5) is 4.79 Å². The van der Waals surface area contributed by atoms with Crippen LogP contribution in [-0.4, -0.2) is 41.3 Å². The van der Waals surface area contributed by atoms with E-state index in [0.29, 0.717) is 0 Å². The molecule has 0 aromatic heterocycles. The number of carbonyl (C=O) groups is 3. The maximum atomic E-state index is 11.7. The average Bonchev–Trinajstić information content (AvgIpc) is 2.45. The highest BCUT2D eigenvalue weighted by molar-refractivity contribution is 5.89. The third-order valence-corrected chi connectivity index (χ3v) is 2.45. The van der Waals surface area contributed by atoms with Crippen molar-refractivity contribution < 1.29 is 29.1 Å². The highest BCUT2D eigenvalue weighted by atomic mass is 16.7. The standard InChI is InChI=1S/C15H20N2O6/c1-15(2,3)22-14(21)16-9-11(12(18)19)17-23-13(20)10-7-5-4-6-8-10/h4-8,11,17H,9H2,1-3H3,(H,16,21)(H,18,19)/t11-/m1/s1. The summed E-state index contributed by atoms with van der Waals surface area (Å²) in [6.45, 7) is 4.73. The molecule has 0 saturated heterocycles. The quantitative estimate of drug-likeness (QED) is 0.676. The molecule has 0 unspecified atom stereocenters. The third-order valence-electron chi connectivity index (χ3n) is 2.45. The topological polar surface area (TPSA) is 114 Å². The van der Waals surface area contributed by atoms with Gasteiger partial charge in [-0.1, -0.05) is 18.2 Å². The molecule has 1 aromatic carbocycles. The zero-order valence-electron chi connectivity index (χ0n) is 13.2. The van der Waals surface area contributed by atoms with Gasteiger partial charge < -0.3 is 20.0 Å². The molecule has 0 radical (unpaired) electrons. The average molecular weight is 324 g/mol. The van der Waals surface area contributed by atoms with E-state index in [0.717, 1.165) is 0 Å². The molecule has 126 valence electrons. The van der Waals surface area contributed by atoms with Gasteiger partial charge in [0.25, 0.3) is 0 Å². The number of carboxylic acid groups (broad SMARTS) is 1. The molecule has 0 fully saturated rings. The molecule has 23 heavy (non-hydrogen) atoms. The first kappa shape index (κ1) is 18.4. The maximum absolute atomic E-state index is 11.7. The second-order valence-electron chi connectivity index (χ2n) is 5.65. The number of ether oxygens (including phenoxy) is 1.